The zero-order valence-electron chi connectivity index (χ0n) is 14.6. The molecule has 0 bridgehead atoms. The van der Waals surface area contributed by atoms with Crippen molar-refractivity contribution in [3.05, 3.63) is 66.1 Å². The van der Waals surface area contributed by atoms with Crippen LogP contribution in [-0.2, 0) is 6.42 Å². The minimum atomic E-state index is -0.287. The van der Waals surface area contributed by atoms with Gasteiger partial charge in [-0.25, -0.2) is 0 Å². The summed E-state index contributed by atoms with van der Waals surface area (Å²) in [5.74, 6) is 0.760. The van der Waals surface area contributed by atoms with Crippen molar-refractivity contribution in [1.82, 2.24) is 15.0 Å². The highest BCUT2D eigenvalue weighted by molar-refractivity contribution is 5.85. The van der Waals surface area contributed by atoms with Crippen molar-refractivity contribution in [3.8, 4) is 23.0 Å². The minimum absolute atomic E-state index is 0. The second-order valence-corrected chi connectivity index (χ2v) is 5.57. The summed E-state index contributed by atoms with van der Waals surface area (Å²) in [6.45, 7) is 0. The molecule has 0 spiro atoms. The molecule has 0 aliphatic carbocycles. The van der Waals surface area contributed by atoms with Gasteiger partial charge in [-0.1, -0.05) is 18.2 Å². The number of hydrogen-bond donors (Lipinski definition) is 1. The smallest absolute Gasteiger partial charge is 0.316 e. The lowest BCUT2D eigenvalue weighted by Crippen LogP contribution is -2.16. The van der Waals surface area contributed by atoms with E-state index in [4.69, 9.17) is 15.2 Å². The maximum Gasteiger partial charge on any atom is 0.316 e. The number of ether oxygens (including phenoxy) is 2. The van der Waals surface area contributed by atoms with Gasteiger partial charge < -0.3 is 15.2 Å². The Bertz CT molecular complexity index is 846. The lowest BCUT2D eigenvalue weighted by atomic mass is 10.0. The van der Waals surface area contributed by atoms with Crippen LogP contribution in [0.15, 0.2) is 54.9 Å². The van der Waals surface area contributed by atoms with Gasteiger partial charge in [0.2, 0.25) is 0 Å². The first-order valence-electron chi connectivity index (χ1n) is 7.91. The van der Waals surface area contributed by atoms with E-state index in [2.05, 4.69) is 15.0 Å². The van der Waals surface area contributed by atoms with Crippen molar-refractivity contribution < 1.29 is 9.47 Å². The predicted octanol–water partition coefficient (Wildman–Crippen LogP) is 3.22. The van der Waals surface area contributed by atoms with Crippen LogP contribution >= 0.6 is 12.4 Å². The normalized spacial score (nSPS) is 11.3. The fourth-order valence-electron chi connectivity index (χ4n) is 2.53. The SMILES string of the molecule is COc1cccc(-c2cc(C(N)Cc3cccnc3)nc(OC)n2)c1.Cl. The molecule has 136 valence electrons. The average Bonchev–Trinajstić information content (AvgIpc) is 2.68. The Morgan fingerprint density at radius 3 is 2.58 bits per heavy atom. The molecule has 1 unspecified atom stereocenters. The number of aromatic nitrogens is 3. The number of benzene rings is 1. The molecule has 0 radical (unpaired) electrons. The summed E-state index contributed by atoms with van der Waals surface area (Å²) in [5, 5.41) is 0. The second kappa shape index (κ2) is 9.12. The third-order valence-corrected chi connectivity index (χ3v) is 3.83. The van der Waals surface area contributed by atoms with Crippen LogP contribution in [0.3, 0.4) is 0 Å². The fraction of sp³-hybridized carbons (Fsp3) is 0.211. The second-order valence-electron chi connectivity index (χ2n) is 5.57. The molecule has 1 aromatic carbocycles. The molecule has 2 N–H and O–H groups in total. The maximum absolute atomic E-state index is 6.36. The molecule has 0 aliphatic rings. The zero-order chi connectivity index (χ0) is 17.6. The largest absolute Gasteiger partial charge is 0.497 e. The number of nitrogens with two attached hydrogens (primary N) is 1. The standard InChI is InChI=1S/C19H20N4O2.ClH/c1-24-15-7-3-6-14(10-15)17-11-18(23-19(22-17)25-2)16(20)9-13-5-4-8-21-12-13;/h3-8,10-12,16H,9,20H2,1-2H3;1H. The van der Waals surface area contributed by atoms with Crippen molar-refractivity contribution >= 4 is 12.4 Å². The number of halogens is 1. The van der Waals surface area contributed by atoms with Gasteiger partial charge in [0.05, 0.1) is 31.6 Å². The molecule has 2 heterocycles. The summed E-state index contributed by atoms with van der Waals surface area (Å²) >= 11 is 0. The molecular formula is C19H21ClN4O2. The molecule has 0 aliphatic heterocycles. The average molecular weight is 373 g/mol. The van der Waals surface area contributed by atoms with E-state index in [1.807, 2.05) is 42.5 Å². The first-order valence-corrected chi connectivity index (χ1v) is 7.91. The number of methoxy groups -OCH3 is 2. The molecule has 0 fully saturated rings. The summed E-state index contributed by atoms with van der Waals surface area (Å²) in [5.41, 5.74) is 9.77. The van der Waals surface area contributed by atoms with Crippen molar-refractivity contribution in [2.75, 3.05) is 14.2 Å². The van der Waals surface area contributed by atoms with E-state index >= 15 is 0 Å². The van der Waals surface area contributed by atoms with Crippen LogP contribution in [0.4, 0.5) is 0 Å². The van der Waals surface area contributed by atoms with E-state index in [0.717, 1.165) is 22.6 Å². The maximum atomic E-state index is 6.36. The monoisotopic (exact) mass is 372 g/mol. The lowest BCUT2D eigenvalue weighted by molar-refractivity contribution is 0.377. The van der Waals surface area contributed by atoms with Gasteiger partial charge in [-0.3, -0.25) is 4.98 Å². The Kier molecular flexibility index (Phi) is 6.89. The molecule has 0 amide bonds. The van der Waals surface area contributed by atoms with Crippen molar-refractivity contribution in [2.45, 2.75) is 12.5 Å². The van der Waals surface area contributed by atoms with E-state index in [-0.39, 0.29) is 24.5 Å². The third kappa shape index (κ3) is 4.68. The van der Waals surface area contributed by atoms with Crippen LogP contribution in [0.5, 0.6) is 11.8 Å². The summed E-state index contributed by atoms with van der Waals surface area (Å²) in [7, 11) is 3.18. The highest BCUT2D eigenvalue weighted by Crippen LogP contribution is 2.26. The summed E-state index contributed by atoms with van der Waals surface area (Å²) in [6.07, 6.45) is 4.18. The summed E-state index contributed by atoms with van der Waals surface area (Å²) in [4.78, 5) is 13.0. The topological polar surface area (TPSA) is 83.2 Å². The Morgan fingerprint density at radius 2 is 1.88 bits per heavy atom. The Balaban J connectivity index is 0.00000243. The van der Waals surface area contributed by atoms with Crippen LogP contribution in [0, 0.1) is 0 Å². The molecule has 26 heavy (non-hydrogen) atoms. The number of pyridine rings is 1. The van der Waals surface area contributed by atoms with Gasteiger partial charge in [0.15, 0.2) is 0 Å². The zero-order valence-corrected chi connectivity index (χ0v) is 15.4. The first kappa shape index (κ1) is 19.6. The molecule has 2 aromatic heterocycles. The molecule has 7 heteroatoms. The van der Waals surface area contributed by atoms with Gasteiger partial charge in [0.1, 0.15) is 5.75 Å². The van der Waals surface area contributed by atoms with Crippen molar-refractivity contribution in [1.29, 1.82) is 0 Å². The lowest BCUT2D eigenvalue weighted by Gasteiger charge is -2.14. The number of hydrogen-bond acceptors (Lipinski definition) is 6. The summed E-state index contributed by atoms with van der Waals surface area (Å²) < 4.78 is 10.5. The van der Waals surface area contributed by atoms with Crippen molar-refractivity contribution in [2.24, 2.45) is 5.73 Å². The molecule has 1 atom stereocenters. The molecule has 0 saturated carbocycles. The van der Waals surface area contributed by atoms with Gasteiger partial charge in [0.25, 0.3) is 0 Å². The molecule has 6 nitrogen and oxygen atoms in total. The number of nitrogens with zero attached hydrogens (tertiary/aromatic N) is 3. The van der Waals surface area contributed by atoms with Gasteiger partial charge in [0, 0.05) is 18.0 Å². The van der Waals surface area contributed by atoms with Crippen LogP contribution < -0.4 is 15.2 Å². The Hall–Kier alpha value is -2.70. The predicted molar refractivity (Wildman–Crippen MR) is 103 cm³/mol. The highest BCUT2D eigenvalue weighted by atomic mass is 35.5. The van der Waals surface area contributed by atoms with Gasteiger partial charge in [-0.05, 0) is 36.2 Å². The molecule has 0 saturated heterocycles. The van der Waals surface area contributed by atoms with E-state index in [1.165, 1.54) is 0 Å². The van der Waals surface area contributed by atoms with Crippen LogP contribution in [0.2, 0.25) is 0 Å². The minimum Gasteiger partial charge on any atom is -0.497 e. The van der Waals surface area contributed by atoms with Gasteiger partial charge in [-0.2, -0.15) is 9.97 Å². The third-order valence-electron chi connectivity index (χ3n) is 3.83. The van der Waals surface area contributed by atoms with Crippen LogP contribution in [0.25, 0.3) is 11.3 Å². The van der Waals surface area contributed by atoms with Crippen LogP contribution in [0.1, 0.15) is 17.3 Å². The van der Waals surface area contributed by atoms with Gasteiger partial charge >= 0.3 is 6.01 Å². The first-order chi connectivity index (χ1) is 12.2. The quantitative estimate of drug-likeness (QED) is 0.715. The van der Waals surface area contributed by atoms with E-state index in [1.54, 1.807) is 26.6 Å². The van der Waals surface area contributed by atoms with E-state index < -0.39 is 0 Å². The molecule has 3 rings (SSSR count). The van der Waals surface area contributed by atoms with Crippen LogP contribution in [-0.4, -0.2) is 29.2 Å². The molecule has 3 aromatic rings. The van der Waals surface area contributed by atoms with E-state index in [0.29, 0.717) is 12.1 Å². The van der Waals surface area contributed by atoms with Crippen molar-refractivity contribution in [3.63, 3.8) is 0 Å². The van der Waals surface area contributed by atoms with E-state index in [9.17, 15) is 0 Å². The fourth-order valence-corrected chi connectivity index (χ4v) is 2.53. The number of rotatable bonds is 6. The summed E-state index contributed by atoms with van der Waals surface area (Å²) in [6, 6.07) is 13.5. The highest BCUT2D eigenvalue weighted by Gasteiger charge is 2.14. The Labute approximate surface area is 158 Å². The van der Waals surface area contributed by atoms with Gasteiger partial charge in [-0.15, -0.1) is 12.4 Å². The molecular weight excluding hydrogens is 352 g/mol. The Morgan fingerprint density at radius 1 is 1.04 bits per heavy atom.